The van der Waals surface area contributed by atoms with Crippen molar-refractivity contribution in [3.63, 3.8) is 0 Å². The normalized spacial score (nSPS) is 13.3. The molecule has 3 nitrogen and oxygen atoms in total. The average Bonchev–Trinajstić information content (AvgIpc) is 2.03. The van der Waals surface area contributed by atoms with Crippen LogP contribution in [-0.4, -0.2) is 30.5 Å². The second-order valence-corrected chi connectivity index (χ2v) is 12.8. The van der Waals surface area contributed by atoms with Crippen LogP contribution in [0, 0.1) is 0 Å². The Morgan fingerprint density at radius 2 is 1.64 bits per heavy atom. The zero-order valence-electron chi connectivity index (χ0n) is 10.2. The minimum absolute atomic E-state index is 0.787. The number of hydrogen-bond acceptors (Lipinski definition) is 3. The zero-order valence-corrected chi connectivity index (χ0v) is 12.2. The molecule has 0 amide bonds. The predicted octanol–water partition coefficient (Wildman–Crippen LogP) is 2.30. The van der Waals surface area contributed by atoms with Crippen molar-refractivity contribution in [1.29, 1.82) is 0 Å². The number of rotatable bonds is 7. The van der Waals surface area contributed by atoms with Crippen LogP contribution in [-0.2, 0) is 8.54 Å². The summed E-state index contributed by atoms with van der Waals surface area (Å²) in [5.74, 6) is 0. The van der Waals surface area contributed by atoms with Crippen molar-refractivity contribution in [2.24, 2.45) is 5.73 Å². The van der Waals surface area contributed by atoms with Crippen LogP contribution in [0.15, 0.2) is 0 Å². The van der Waals surface area contributed by atoms with Gasteiger partial charge in [0.15, 0.2) is 8.32 Å². The molecule has 0 spiro atoms. The van der Waals surface area contributed by atoms with Crippen molar-refractivity contribution in [3.05, 3.63) is 0 Å². The highest BCUT2D eigenvalue weighted by Crippen LogP contribution is 2.20. The Morgan fingerprint density at radius 3 is 2.07 bits per heavy atom. The first-order valence-corrected chi connectivity index (χ1v) is 11.2. The molecule has 0 saturated heterocycles. The standard InChI is InChI=1S/C9H25NO2Si2/c1-11-14(4,5)12-13(2,3)9-7-6-8-10/h6-10H2,1-5H3. The van der Waals surface area contributed by atoms with Crippen molar-refractivity contribution in [2.45, 2.75) is 45.1 Å². The van der Waals surface area contributed by atoms with Gasteiger partial charge in [0.25, 0.3) is 0 Å². The van der Waals surface area contributed by atoms with Gasteiger partial charge in [-0.05, 0) is 45.2 Å². The minimum atomic E-state index is -1.84. The van der Waals surface area contributed by atoms with Gasteiger partial charge in [0, 0.05) is 7.11 Å². The van der Waals surface area contributed by atoms with Gasteiger partial charge in [-0.3, -0.25) is 0 Å². The second kappa shape index (κ2) is 6.02. The fraction of sp³-hybridized carbons (Fsp3) is 1.00. The van der Waals surface area contributed by atoms with E-state index in [4.69, 9.17) is 14.3 Å². The highest BCUT2D eigenvalue weighted by molar-refractivity contribution is 6.82. The van der Waals surface area contributed by atoms with Crippen LogP contribution < -0.4 is 5.73 Å². The highest BCUT2D eigenvalue weighted by atomic mass is 28.4. The largest absolute Gasteiger partial charge is 0.436 e. The second-order valence-electron chi connectivity index (χ2n) is 4.71. The van der Waals surface area contributed by atoms with E-state index < -0.39 is 16.9 Å². The Kier molecular flexibility index (Phi) is 6.15. The Hall–Kier alpha value is 0.314. The van der Waals surface area contributed by atoms with Crippen molar-refractivity contribution in [3.8, 4) is 0 Å². The molecule has 0 bridgehead atoms. The molecule has 0 heterocycles. The summed E-state index contributed by atoms with van der Waals surface area (Å²) in [6, 6.07) is 1.18. The van der Waals surface area contributed by atoms with Crippen LogP contribution in [0.5, 0.6) is 0 Å². The molecule has 0 aliphatic heterocycles. The van der Waals surface area contributed by atoms with Crippen LogP contribution in [0.3, 0.4) is 0 Å². The lowest BCUT2D eigenvalue weighted by molar-refractivity contribution is 0.309. The zero-order chi connectivity index (χ0) is 11.2. The predicted molar refractivity (Wildman–Crippen MR) is 66.2 cm³/mol. The van der Waals surface area contributed by atoms with E-state index in [0.717, 1.165) is 13.0 Å². The molecule has 0 atom stereocenters. The van der Waals surface area contributed by atoms with E-state index in [1.54, 1.807) is 7.11 Å². The van der Waals surface area contributed by atoms with Gasteiger partial charge in [0.05, 0.1) is 0 Å². The van der Waals surface area contributed by atoms with Crippen molar-refractivity contribution < 1.29 is 8.54 Å². The van der Waals surface area contributed by atoms with Crippen LogP contribution in [0.1, 0.15) is 12.8 Å². The third-order valence-electron chi connectivity index (χ3n) is 2.25. The van der Waals surface area contributed by atoms with Gasteiger partial charge in [-0.25, -0.2) is 0 Å². The Morgan fingerprint density at radius 1 is 1.07 bits per heavy atom. The van der Waals surface area contributed by atoms with Gasteiger partial charge in [0.1, 0.15) is 0 Å². The van der Waals surface area contributed by atoms with Crippen molar-refractivity contribution >= 4 is 16.9 Å². The Labute approximate surface area is 90.4 Å². The summed E-state index contributed by atoms with van der Waals surface area (Å²) in [6.07, 6.45) is 2.29. The summed E-state index contributed by atoms with van der Waals surface area (Å²) in [6.45, 7) is 9.51. The smallest absolute Gasteiger partial charge is 0.321 e. The minimum Gasteiger partial charge on any atom is -0.436 e. The average molecular weight is 235 g/mol. The first-order chi connectivity index (χ1) is 6.33. The molecule has 0 aliphatic rings. The maximum absolute atomic E-state index is 6.14. The molecule has 0 aromatic heterocycles. The monoisotopic (exact) mass is 235 g/mol. The first kappa shape index (κ1) is 14.3. The molecule has 86 valence electrons. The molecule has 0 aliphatic carbocycles. The van der Waals surface area contributed by atoms with E-state index in [9.17, 15) is 0 Å². The molecule has 2 N–H and O–H groups in total. The van der Waals surface area contributed by atoms with Crippen LogP contribution in [0.25, 0.3) is 0 Å². The summed E-state index contributed by atoms with van der Waals surface area (Å²) in [5, 5.41) is 0. The van der Waals surface area contributed by atoms with Gasteiger partial charge < -0.3 is 14.3 Å². The third-order valence-corrected chi connectivity index (χ3v) is 8.96. The lowest BCUT2D eigenvalue weighted by atomic mass is 10.3. The quantitative estimate of drug-likeness (QED) is 0.544. The fourth-order valence-electron chi connectivity index (χ4n) is 1.45. The van der Waals surface area contributed by atoms with E-state index in [1.165, 1.54) is 12.5 Å². The topological polar surface area (TPSA) is 44.5 Å². The molecular formula is C9H25NO2Si2. The number of unbranched alkanes of at least 4 members (excludes halogenated alkanes) is 1. The summed E-state index contributed by atoms with van der Waals surface area (Å²) < 4.78 is 11.5. The molecule has 0 fully saturated rings. The van der Waals surface area contributed by atoms with Crippen molar-refractivity contribution in [1.82, 2.24) is 0 Å². The maximum Gasteiger partial charge on any atom is 0.321 e. The third kappa shape index (κ3) is 6.72. The fourth-order valence-corrected chi connectivity index (χ4v) is 8.62. The van der Waals surface area contributed by atoms with Crippen molar-refractivity contribution in [2.75, 3.05) is 13.7 Å². The van der Waals surface area contributed by atoms with Gasteiger partial charge >= 0.3 is 8.56 Å². The molecule has 0 aromatic rings. The van der Waals surface area contributed by atoms with E-state index in [0.29, 0.717) is 0 Å². The SMILES string of the molecule is CO[Si](C)(C)O[Si](C)(C)CCCCN. The van der Waals surface area contributed by atoms with Gasteiger partial charge in [-0.1, -0.05) is 6.42 Å². The molecule has 0 saturated carbocycles. The molecule has 0 radical (unpaired) electrons. The molecule has 0 rings (SSSR count). The van der Waals surface area contributed by atoms with E-state index >= 15 is 0 Å². The summed E-state index contributed by atoms with van der Waals surface area (Å²) in [7, 11) is -1.61. The molecule has 5 heteroatoms. The first-order valence-electron chi connectivity index (χ1n) is 5.28. The summed E-state index contributed by atoms with van der Waals surface area (Å²) in [5.41, 5.74) is 5.47. The lowest BCUT2D eigenvalue weighted by Crippen LogP contribution is -2.45. The van der Waals surface area contributed by atoms with Gasteiger partial charge in [-0.15, -0.1) is 0 Å². The van der Waals surface area contributed by atoms with E-state index in [1.807, 2.05) is 0 Å². The molecule has 0 unspecified atom stereocenters. The van der Waals surface area contributed by atoms with Gasteiger partial charge in [-0.2, -0.15) is 0 Å². The number of hydrogen-bond donors (Lipinski definition) is 1. The Bertz CT molecular complexity index is 163. The van der Waals surface area contributed by atoms with E-state index in [2.05, 4.69) is 26.2 Å². The number of nitrogens with two attached hydrogens (primary N) is 1. The lowest BCUT2D eigenvalue weighted by Gasteiger charge is -2.32. The molecule has 0 aromatic carbocycles. The van der Waals surface area contributed by atoms with Crippen LogP contribution >= 0.6 is 0 Å². The van der Waals surface area contributed by atoms with Crippen LogP contribution in [0.4, 0.5) is 0 Å². The summed E-state index contributed by atoms with van der Waals surface area (Å²) >= 11 is 0. The van der Waals surface area contributed by atoms with Gasteiger partial charge in [0.2, 0.25) is 0 Å². The summed E-state index contributed by atoms with van der Waals surface area (Å²) in [4.78, 5) is 0. The molecular weight excluding hydrogens is 210 g/mol. The Balaban J connectivity index is 3.93. The van der Waals surface area contributed by atoms with Crippen LogP contribution in [0.2, 0.25) is 32.2 Å². The van der Waals surface area contributed by atoms with E-state index in [-0.39, 0.29) is 0 Å². The molecule has 14 heavy (non-hydrogen) atoms. The highest BCUT2D eigenvalue weighted by Gasteiger charge is 2.33. The maximum atomic E-state index is 6.14.